The molecule has 0 amide bonds. The fraction of sp³-hybridized carbons (Fsp3) is 0.905. The Kier molecular flexibility index (Phi) is 33.0. The first-order chi connectivity index (χ1) is 20.4. The van der Waals surface area contributed by atoms with Crippen molar-refractivity contribution in [2.45, 2.75) is 227 Å². The summed E-state index contributed by atoms with van der Waals surface area (Å²) in [5.74, 6) is 2.79. The van der Waals surface area contributed by atoms with Crippen LogP contribution in [0.1, 0.15) is 227 Å². The molecular formula is C42H82. The summed E-state index contributed by atoms with van der Waals surface area (Å²) in [5, 5.41) is 0. The molecule has 0 aliphatic rings. The van der Waals surface area contributed by atoms with Crippen molar-refractivity contribution in [3.8, 4) is 0 Å². The fourth-order valence-corrected chi connectivity index (χ4v) is 6.47. The maximum atomic E-state index is 3.99. The summed E-state index contributed by atoms with van der Waals surface area (Å²) in [5.41, 5.74) is 1.34. The van der Waals surface area contributed by atoms with Crippen molar-refractivity contribution < 1.29 is 0 Å². The summed E-state index contributed by atoms with van der Waals surface area (Å²) >= 11 is 0. The molecule has 0 aromatic heterocycles. The average Bonchev–Trinajstić information content (AvgIpc) is 2.95. The molecule has 0 saturated heterocycles. The Morgan fingerprint density at radius 3 is 1.02 bits per heavy atom. The molecule has 0 heteroatoms. The van der Waals surface area contributed by atoms with Crippen LogP contribution >= 0.6 is 0 Å². The molecule has 0 aliphatic carbocycles. The van der Waals surface area contributed by atoms with Crippen LogP contribution in [0.5, 0.6) is 0 Å². The van der Waals surface area contributed by atoms with Gasteiger partial charge in [-0.3, -0.25) is 0 Å². The van der Waals surface area contributed by atoms with E-state index >= 15 is 0 Å². The predicted molar refractivity (Wildman–Crippen MR) is 196 cm³/mol. The average molecular weight is 587 g/mol. The lowest BCUT2D eigenvalue weighted by atomic mass is 9.94. The van der Waals surface area contributed by atoms with Gasteiger partial charge in [-0.2, -0.15) is 0 Å². The van der Waals surface area contributed by atoms with E-state index in [-0.39, 0.29) is 0 Å². The number of hydrogen-bond acceptors (Lipinski definition) is 0. The van der Waals surface area contributed by atoms with E-state index in [0.29, 0.717) is 0 Å². The summed E-state index contributed by atoms with van der Waals surface area (Å²) in [6, 6.07) is 0. The van der Waals surface area contributed by atoms with E-state index in [1.165, 1.54) is 198 Å². The van der Waals surface area contributed by atoms with Gasteiger partial charge in [0.15, 0.2) is 0 Å². The second-order valence-electron chi connectivity index (χ2n) is 15.1. The molecule has 0 aliphatic heterocycles. The van der Waals surface area contributed by atoms with Gasteiger partial charge in [0.1, 0.15) is 0 Å². The third kappa shape index (κ3) is 35.7. The van der Waals surface area contributed by atoms with E-state index in [9.17, 15) is 0 Å². The van der Waals surface area contributed by atoms with Crippen molar-refractivity contribution in [3.05, 3.63) is 24.3 Å². The van der Waals surface area contributed by atoms with E-state index < -0.39 is 0 Å². The number of unbranched alkanes of at least 4 members (excludes halogenated alkanes) is 20. The standard InChI is InChI=1S/C42H82/c1-39(2)33-27-21-16-14-12-10-8-7-9-11-13-15-17-23-29-35-41(5)36-30-24-18-19-25-31-37-42(6)38-32-26-20-22-28-34-40(3)4/h7-8,40-42H,1,9-38H2,2-6H3/b8-7-. The highest BCUT2D eigenvalue weighted by atomic mass is 14.1. The van der Waals surface area contributed by atoms with E-state index in [0.717, 1.165) is 17.8 Å². The first-order valence-corrected chi connectivity index (χ1v) is 19.7. The molecule has 0 aromatic rings. The Balaban J connectivity index is 3.28. The first-order valence-electron chi connectivity index (χ1n) is 19.7. The van der Waals surface area contributed by atoms with Gasteiger partial charge in [0.2, 0.25) is 0 Å². The molecule has 0 fully saturated rings. The van der Waals surface area contributed by atoms with Crippen molar-refractivity contribution in [2.24, 2.45) is 17.8 Å². The van der Waals surface area contributed by atoms with Crippen LogP contribution < -0.4 is 0 Å². The van der Waals surface area contributed by atoms with Crippen LogP contribution in [0.15, 0.2) is 24.3 Å². The summed E-state index contributed by atoms with van der Waals surface area (Å²) in [4.78, 5) is 0. The quantitative estimate of drug-likeness (QED) is 0.0519. The topological polar surface area (TPSA) is 0 Å². The summed E-state index contributed by atoms with van der Waals surface area (Å²) < 4.78 is 0. The molecule has 250 valence electrons. The zero-order chi connectivity index (χ0) is 30.9. The molecule has 0 heterocycles. The molecule has 0 rings (SSSR count). The van der Waals surface area contributed by atoms with Gasteiger partial charge in [0, 0.05) is 0 Å². The molecular weight excluding hydrogens is 504 g/mol. The molecule has 2 unspecified atom stereocenters. The van der Waals surface area contributed by atoms with Crippen molar-refractivity contribution >= 4 is 0 Å². The van der Waals surface area contributed by atoms with E-state index in [1.54, 1.807) is 0 Å². The van der Waals surface area contributed by atoms with Crippen LogP contribution in [0, 0.1) is 17.8 Å². The molecule has 0 radical (unpaired) electrons. The minimum Gasteiger partial charge on any atom is -0.100 e. The number of allylic oxidation sites excluding steroid dienone is 3. The van der Waals surface area contributed by atoms with Gasteiger partial charge in [-0.25, -0.2) is 0 Å². The van der Waals surface area contributed by atoms with Gasteiger partial charge in [0.25, 0.3) is 0 Å². The van der Waals surface area contributed by atoms with Crippen molar-refractivity contribution in [1.82, 2.24) is 0 Å². The highest BCUT2D eigenvalue weighted by Crippen LogP contribution is 2.21. The molecule has 0 nitrogen and oxygen atoms in total. The molecule has 42 heavy (non-hydrogen) atoms. The Labute approximate surface area is 268 Å². The second-order valence-corrected chi connectivity index (χ2v) is 15.1. The SMILES string of the molecule is C=C(C)CCCCCCC/C=C\CCCCCCCCC(C)CCCCCCCCC(C)CCCCCCCC(C)C. The Bertz CT molecular complexity index is 554. The highest BCUT2D eigenvalue weighted by Gasteiger charge is 2.04. The van der Waals surface area contributed by atoms with Crippen LogP contribution in [0.3, 0.4) is 0 Å². The lowest BCUT2D eigenvalue weighted by Gasteiger charge is -2.12. The Morgan fingerprint density at radius 2 is 0.690 bits per heavy atom. The maximum absolute atomic E-state index is 3.99. The molecule has 0 saturated carbocycles. The van der Waals surface area contributed by atoms with Gasteiger partial charge >= 0.3 is 0 Å². The number of rotatable bonds is 34. The monoisotopic (exact) mass is 587 g/mol. The molecule has 0 bridgehead atoms. The Morgan fingerprint density at radius 1 is 0.405 bits per heavy atom. The largest absolute Gasteiger partial charge is 0.100 e. The molecule has 0 spiro atoms. The lowest BCUT2D eigenvalue weighted by Crippen LogP contribution is -1.96. The van der Waals surface area contributed by atoms with Crippen LogP contribution in [-0.4, -0.2) is 0 Å². The minimum atomic E-state index is 0.888. The van der Waals surface area contributed by atoms with Crippen LogP contribution in [0.25, 0.3) is 0 Å². The van der Waals surface area contributed by atoms with Crippen LogP contribution in [0.4, 0.5) is 0 Å². The van der Waals surface area contributed by atoms with Gasteiger partial charge in [-0.15, -0.1) is 6.58 Å². The maximum Gasteiger partial charge on any atom is -0.0326 e. The predicted octanol–water partition coefficient (Wildman–Crippen LogP) is 15.7. The highest BCUT2D eigenvalue weighted by molar-refractivity contribution is 4.87. The van der Waals surface area contributed by atoms with Gasteiger partial charge in [0.05, 0.1) is 0 Å². The lowest BCUT2D eigenvalue weighted by molar-refractivity contribution is 0.419. The van der Waals surface area contributed by atoms with E-state index in [4.69, 9.17) is 0 Å². The number of hydrogen-bond donors (Lipinski definition) is 0. The van der Waals surface area contributed by atoms with Crippen LogP contribution in [-0.2, 0) is 0 Å². The zero-order valence-electron chi connectivity index (χ0n) is 30.3. The first kappa shape index (κ1) is 41.5. The van der Waals surface area contributed by atoms with Crippen molar-refractivity contribution in [3.63, 3.8) is 0 Å². The van der Waals surface area contributed by atoms with Gasteiger partial charge in [-0.05, 0) is 63.2 Å². The third-order valence-corrected chi connectivity index (χ3v) is 9.58. The van der Waals surface area contributed by atoms with Gasteiger partial charge in [-0.1, -0.05) is 200 Å². The molecule has 0 N–H and O–H groups in total. The molecule has 0 aromatic carbocycles. The van der Waals surface area contributed by atoms with Crippen molar-refractivity contribution in [2.75, 3.05) is 0 Å². The minimum absolute atomic E-state index is 0.888. The normalized spacial score (nSPS) is 13.4. The Hall–Kier alpha value is -0.520. The van der Waals surface area contributed by atoms with E-state index in [1.807, 2.05) is 0 Å². The van der Waals surface area contributed by atoms with Gasteiger partial charge < -0.3 is 0 Å². The van der Waals surface area contributed by atoms with Crippen molar-refractivity contribution in [1.29, 1.82) is 0 Å². The van der Waals surface area contributed by atoms with Crippen LogP contribution in [0.2, 0.25) is 0 Å². The fourth-order valence-electron chi connectivity index (χ4n) is 6.47. The smallest absolute Gasteiger partial charge is 0.0326 e. The summed E-state index contributed by atoms with van der Waals surface area (Å²) in [6.07, 6.45) is 47.7. The summed E-state index contributed by atoms with van der Waals surface area (Å²) in [6.45, 7) is 15.8. The second kappa shape index (κ2) is 33.4. The van der Waals surface area contributed by atoms with E-state index in [2.05, 4.69) is 53.3 Å². The zero-order valence-corrected chi connectivity index (χ0v) is 30.3. The summed E-state index contributed by atoms with van der Waals surface area (Å²) in [7, 11) is 0. The third-order valence-electron chi connectivity index (χ3n) is 9.58. The molecule has 2 atom stereocenters.